The Bertz CT molecular complexity index is 376. The number of hydrogen-bond donors (Lipinski definition) is 1. The Morgan fingerprint density at radius 3 is 3.07 bits per heavy atom. The molecule has 4 heteroatoms. The number of hydrogen-bond acceptors (Lipinski definition) is 3. The Kier molecular flexibility index (Phi) is 2.04. The molecule has 1 aliphatic rings. The Labute approximate surface area is 81.7 Å². The zero-order chi connectivity index (χ0) is 10.1. The second kappa shape index (κ2) is 3.21. The Hall–Kier alpha value is -1.71. The highest BCUT2D eigenvalue weighted by Crippen LogP contribution is 2.32. The first kappa shape index (κ1) is 8.87. The number of amides is 1. The fourth-order valence-corrected chi connectivity index (χ4v) is 1.45. The van der Waals surface area contributed by atoms with Crippen LogP contribution in [0.4, 0.5) is 0 Å². The number of ether oxygens (including phenoxy) is 1. The van der Waals surface area contributed by atoms with Gasteiger partial charge in [0.25, 0.3) is 5.91 Å². The lowest BCUT2D eigenvalue weighted by molar-refractivity contribution is -0.131. The lowest BCUT2D eigenvalue weighted by atomic mass is 10.2. The average molecular weight is 193 g/mol. The van der Waals surface area contributed by atoms with E-state index in [9.17, 15) is 9.90 Å². The largest absolute Gasteiger partial charge is 0.504 e. The molecule has 0 aromatic heterocycles. The number of benzene rings is 1. The van der Waals surface area contributed by atoms with E-state index in [1.807, 2.05) is 6.07 Å². The Balaban J connectivity index is 2.42. The average Bonchev–Trinajstić information content (AvgIpc) is 2.29. The van der Waals surface area contributed by atoms with E-state index in [4.69, 9.17) is 4.74 Å². The van der Waals surface area contributed by atoms with Gasteiger partial charge < -0.3 is 14.7 Å². The van der Waals surface area contributed by atoms with Gasteiger partial charge in [0.2, 0.25) is 0 Å². The molecule has 1 aliphatic heterocycles. The molecular weight excluding hydrogens is 182 g/mol. The zero-order valence-electron chi connectivity index (χ0n) is 7.86. The summed E-state index contributed by atoms with van der Waals surface area (Å²) >= 11 is 0. The molecule has 0 saturated carbocycles. The molecule has 4 nitrogen and oxygen atoms in total. The number of phenols is 1. The molecule has 1 amide bonds. The Morgan fingerprint density at radius 2 is 2.29 bits per heavy atom. The van der Waals surface area contributed by atoms with Crippen molar-refractivity contribution in [1.29, 1.82) is 0 Å². The van der Waals surface area contributed by atoms with E-state index in [0.29, 0.717) is 12.3 Å². The van der Waals surface area contributed by atoms with Crippen molar-refractivity contribution in [3.63, 3.8) is 0 Å². The molecule has 1 aromatic carbocycles. The second-order valence-corrected chi connectivity index (χ2v) is 3.30. The first-order chi connectivity index (χ1) is 6.68. The number of fused-ring (bicyclic) bond motifs is 1. The van der Waals surface area contributed by atoms with Gasteiger partial charge in [0.05, 0.1) is 0 Å². The van der Waals surface area contributed by atoms with Gasteiger partial charge in [-0.1, -0.05) is 12.1 Å². The van der Waals surface area contributed by atoms with Crippen molar-refractivity contribution in [3.05, 3.63) is 23.8 Å². The van der Waals surface area contributed by atoms with E-state index in [2.05, 4.69) is 0 Å². The van der Waals surface area contributed by atoms with E-state index >= 15 is 0 Å². The van der Waals surface area contributed by atoms with Crippen LogP contribution in [-0.4, -0.2) is 29.6 Å². The van der Waals surface area contributed by atoms with Crippen LogP contribution in [0.15, 0.2) is 18.2 Å². The third-order valence-corrected chi connectivity index (χ3v) is 2.25. The van der Waals surface area contributed by atoms with Gasteiger partial charge in [-0.2, -0.15) is 0 Å². The minimum Gasteiger partial charge on any atom is -0.504 e. The van der Waals surface area contributed by atoms with E-state index in [1.54, 1.807) is 24.1 Å². The van der Waals surface area contributed by atoms with Gasteiger partial charge in [0.15, 0.2) is 18.1 Å². The molecule has 0 saturated heterocycles. The highest BCUT2D eigenvalue weighted by molar-refractivity contribution is 5.78. The molecule has 0 atom stereocenters. The van der Waals surface area contributed by atoms with E-state index < -0.39 is 0 Å². The van der Waals surface area contributed by atoms with Crippen molar-refractivity contribution in [2.75, 3.05) is 13.7 Å². The van der Waals surface area contributed by atoms with Gasteiger partial charge in [-0.25, -0.2) is 0 Å². The maximum atomic E-state index is 11.3. The van der Waals surface area contributed by atoms with Gasteiger partial charge in [-0.05, 0) is 6.07 Å². The van der Waals surface area contributed by atoms with E-state index in [1.165, 1.54) is 0 Å². The van der Waals surface area contributed by atoms with Crippen molar-refractivity contribution in [1.82, 2.24) is 4.90 Å². The summed E-state index contributed by atoms with van der Waals surface area (Å²) in [7, 11) is 1.71. The van der Waals surface area contributed by atoms with Gasteiger partial charge in [-0.3, -0.25) is 4.79 Å². The number of aromatic hydroxyl groups is 1. The summed E-state index contributed by atoms with van der Waals surface area (Å²) < 4.78 is 5.22. The van der Waals surface area contributed by atoms with Crippen LogP contribution in [0.3, 0.4) is 0 Å². The third kappa shape index (κ3) is 1.39. The molecule has 0 unspecified atom stereocenters. The zero-order valence-corrected chi connectivity index (χ0v) is 7.86. The predicted octanol–water partition coefficient (Wildman–Crippen LogP) is 0.743. The monoisotopic (exact) mass is 193 g/mol. The summed E-state index contributed by atoms with van der Waals surface area (Å²) in [4.78, 5) is 12.9. The van der Waals surface area contributed by atoms with Gasteiger partial charge in [0, 0.05) is 19.2 Å². The van der Waals surface area contributed by atoms with Gasteiger partial charge in [-0.15, -0.1) is 0 Å². The molecule has 1 heterocycles. The second-order valence-electron chi connectivity index (χ2n) is 3.30. The fourth-order valence-electron chi connectivity index (χ4n) is 1.45. The molecule has 0 bridgehead atoms. The summed E-state index contributed by atoms with van der Waals surface area (Å²) in [6.45, 7) is 0.462. The lowest BCUT2D eigenvalue weighted by Gasteiger charge is -2.12. The standard InChI is InChI=1S/C10H11NO3/c1-11-5-7-3-2-4-8(12)10(7)14-6-9(11)13/h2-4,12H,5-6H2,1H3. The number of carbonyl (C=O) groups is 1. The number of carbonyl (C=O) groups excluding carboxylic acids is 1. The summed E-state index contributed by atoms with van der Waals surface area (Å²) in [6, 6.07) is 5.12. The first-order valence-corrected chi connectivity index (χ1v) is 4.36. The van der Waals surface area contributed by atoms with E-state index in [-0.39, 0.29) is 18.3 Å². The van der Waals surface area contributed by atoms with Gasteiger partial charge in [0.1, 0.15) is 0 Å². The topological polar surface area (TPSA) is 49.8 Å². The van der Waals surface area contributed by atoms with Gasteiger partial charge >= 0.3 is 0 Å². The normalized spacial score (nSPS) is 15.8. The van der Waals surface area contributed by atoms with Crippen LogP contribution < -0.4 is 4.74 Å². The molecule has 74 valence electrons. The molecule has 0 fully saturated rings. The SMILES string of the molecule is CN1Cc2cccc(O)c2OCC1=O. The molecule has 14 heavy (non-hydrogen) atoms. The number of rotatable bonds is 0. The van der Waals surface area contributed by atoms with Crippen LogP contribution in [0.5, 0.6) is 11.5 Å². The molecule has 0 radical (unpaired) electrons. The summed E-state index contributed by atoms with van der Waals surface area (Å²) in [5, 5.41) is 9.50. The van der Waals surface area contributed by atoms with Crippen LogP contribution in [0.2, 0.25) is 0 Å². The first-order valence-electron chi connectivity index (χ1n) is 4.36. The van der Waals surface area contributed by atoms with Crippen molar-refractivity contribution in [2.45, 2.75) is 6.54 Å². The fraction of sp³-hybridized carbons (Fsp3) is 0.300. The predicted molar refractivity (Wildman–Crippen MR) is 50.1 cm³/mol. The number of likely N-dealkylation sites (N-methyl/N-ethyl adjacent to an activating group) is 1. The van der Waals surface area contributed by atoms with Crippen molar-refractivity contribution >= 4 is 5.91 Å². The van der Waals surface area contributed by atoms with Crippen LogP contribution >= 0.6 is 0 Å². The maximum absolute atomic E-state index is 11.3. The van der Waals surface area contributed by atoms with Crippen molar-refractivity contribution < 1.29 is 14.6 Å². The highest BCUT2D eigenvalue weighted by Gasteiger charge is 2.20. The number of nitrogens with zero attached hydrogens (tertiary/aromatic N) is 1. The molecule has 1 aromatic rings. The molecular formula is C10H11NO3. The van der Waals surface area contributed by atoms with Crippen molar-refractivity contribution in [2.24, 2.45) is 0 Å². The summed E-state index contributed by atoms with van der Waals surface area (Å²) in [5.41, 5.74) is 0.832. The summed E-state index contributed by atoms with van der Waals surface area (Å²) in [6.07, 6.45) is 0. The summed E-state index contributed by atoms with van der Waals surface area (Å²) in [5.74, 6) is 0.427. The number of para-hydroxylation sites is 1. The van der Waals surface area contributed by atoms with E-state index in [0.717, 1.165) is 5.56 Å². The molecule has 0 aliphatic carbocycles. The molecule has 0 spiro atoms. The van der Waals surface area contributed by atoms with Crippen LogP contribution in [0, 0.1) is 0 Å². The minimum atomic E-state index is -0.0828. The Morgan fingerprint density at radius 1 is 1.50 bits per heavy atom. The minimum absolute atomic E-state index is 0.0128. The highest BCUT2D eigenvalue weighted by atomic mass is 16.5. The number of phenolic OH excluding ortho intramolecular Hbond substituents is 1. The van der Waals surface area contributed by atoms with Crippen LogP contribution in [0.25, 0.3) is 0 Å². The smallest absolute Gasteiger partial charge is 0.260 e. The van der Waals surface area contributed by atoms with Crippen LogP contribution in [-0.2, 0) is 11.3 Å². The van der Waals surface area contributed by atoms with Crippen LogP contribution in [0.1, 0.15) is 5.56 Å². The maximum Gasteiger partial charge on any atom is 0.260 e. The third-order valence-electron chi connectivity index (χ3n) is 2.25. The molecule has 2 rings (SSSR count). The lowest BCUT2D eigenvalue weighted by Crippen LogP contribution is -2.28. The quantitative estimate of drug-likeness (QED) is 0.661. The molecule has 1 N–H and O–H groups in total. The van der Waals surface area contributed by atoms with Crippen molar-refractivity contribution in [3.8, 4) is 11.5 Å².